The van der Waals surface area contributed by atoms with Gasteiger partial charge < -0.3 is 14.8 Å². The average Bonchev–Trinajstić information content (AvgIpc) is 3.19. The van der Waals surface area contributed by atoms with E-state index in [1.54, 1.807) is 36.7 Å². The number of cyclic esters (lactones) is 1. The summed E-state index contributed by atoms with van der Waals surface area (Å²) in [5.41, 5.74) is 2.92. The third-order valence-electron chi connectivity index (χ3n) is 5.08. The number of rotatable bonds is 8. The maximum atomic E-state index is 14.9. The van der Waals surface area contributed by atoms with Crippen molar-refractivity contribution in [1.82, 2.24) is 15.3 Å². The Morgan fingerprint density at radius 3 is 2.67 bits per heavy atom. The first-order chi connectivity index (χ1) is 16.0. The first kappa shape index (κ1) is 22.3. The number of anilines is 1. The smallest absolute Gasteiger partial charge is 0.414 e. The van der Waals surface area contributed by atoms with Crippen LogP contribution in [0.2, 0.25) is 0 Å². The summed E-state index contributed by atoms with van der Waals surface area (Å²) in [6.07, 6.45) is 2.24. The highest BCUT2D eigenvalue weighted by molar-refractivity contribution is 5.90. The molecule has 0 unspecified atom stereocenters. The maximum Gasteiger partial charge on any atom is 0.414 e. The van der Waals surface area contributed by atoms with Crippen molar-refractivity contribution < 1.29 is 23.5 Å². The Hall–Kier alpha value is -3.85. The number of ether oxygens (including phenoxy) is 2. The summed E-state index contributed by atoms with van der Waals surface area (Å²) in [5.74, 6) is -0.689. The van der Waals surface area contributed by atoms with E-state index in [2.05, 4.69) is 15.3 Å². The Morgan fingerprint density at radius 2 is 2.00 bits per heavy atom. The molecule has 3 aromatic rings. The molecule has 1 fully saturated rings. The van der Waals surface area contributed by atoms with E-state index in [-0.39, 0.29) is 19.0 Å². The number of hydrogen-bond donors (Lipinski definition) is 1. The molecule has 0 saturated carbocycles. The number of aromatic nitrogens is 2. The summed E-state index contributed by atoms with van der Waals surface area (Å²) in [5, 5.41) is 2.61. The molecule has 0 aliphatic carbocycles. The molecule has 1 N–H and O–H groups in total. The Morgan fingerprint density at radius 1 is 1.18 bits per heavy atom. The SMILES string of the molecule is CC(=O)NC[C@H]1CN(c2ccc(-c3ccc(COCc4ccccn4)nc3)c(F)c2)C(=O)O1. The molecular weight excluding hydrogens is 427 g/mol. The molecule has 1 atom stereocenters. The summed E-state index contributed by atoms with van der Waals surface area (Å²) in [4.78, 5) is 33.1. The Kier molecular flexibility index (Phi) is 6.89. The highest BCUT2D eigenvalue weighted by Gasteiger charge is 2.32. The van der Waals surface area contributed by atoms with Crippen molar-refractivity contribution >= 4 is 17.7 Å². The second kappa shape index (κ2) is 10.2. The van der Waals surface area contributed by atoms with Crippen LogP contribution >= 0.6 is 0 Å². The fraction of sp³-hybridized carbons (Fsp3) is 0.250. The van der Waals surface area contributed by atoms with Crippen LogP contribution in [-0.2, 0) is 27.5 Å². The van der Waals surface area contributed by atoms with Gasteiger partial charge in [-0.05, 0) is 36.4 Å². The van der Waals surface area contributed by atoms with Crippen LogP contribution in [0, 0.1) is 5.82 Å². The minimum atomic E-state index is -0.575. The average molecular weight is 450 g/mol. The fourth-order valence-electron chi connectivity index (χ4n) is 3.42. The van der Waals surface area contributed by atoms with Crippen molar-refractivity contribution in [3.8, 4) is 11.1 Å². The van der Waals surface area contributed by atoms with Crippen LogP contribution < -0.4 is 10.2 Å². The Bertz CT molecular complexity index is 1130. The normalized spacial score (nSPS) is 15.4. The number of nitrogens with one attached hydrogen (secondary N) is 1. The van der Waals surface area contributed by atoms with Gasteiger partial charge in [-0.2, -0.15) is 0 Å². The van der Waals surface area contributed by atoms with E-state index >= 15 is 0 Å². The van der Waals surface area contributed by atoms with Crippen molar-refractivity contribution in [2.75, 3.05) is 18.0 Å². The summed E-state index contributed by atoms with van der Waals surface area (Å²) in [6.45, 7) is 2.52. The van der Waals surface area contributed by atoms with E-state index in [9.17, 15) is 14.0 Å². The van der Waals surface area contributed by atoms with E-state index in [4.69, 9.17) is 9.47 Å². The first-order valence-electron chi connectivity index (χ1n) is 10.4. The van der Waals surface area contributed by atoms with Crippen LogP contribution in [0.1, 0.15) is 18.3 Å². The molecule has 4 rings (SSSR count). The molecule has 1 aliphatic heterocycles. The molecule has 170 valence electrons. The van der Waals surface area contributed by atoms with Gasteiger partial charge in [-0.3, -0.25) is 19.7 Å². The van der Waals surface area contributed by atoms with Crippen LogP contribution in [0.3, 0.4) is 0 Å². The zero-order chi connectivity index (χ0) is 23.2. The largest absolute Gasteiger partial charge is 0.442 e. The van der Waals surface area contributed by atoms with Crippen LogP contribution in [0.25, 0.3) is 11.1 Å². The van der Waals surface area contributed by atoms with Crippen LogP contribution in [0.5, 0.6) is 0 Å². The van der Waals surface area contributed by atoms with Gasteiger partial charge in [0.1, 0.15) is 11.9 Å². The van der Waals surface area contributed by atoms with Crippen molar-refractivity contribution in [2.45, 2.75) is 26.2 Å². The topological polar surface area (TPSA) is 93.7 Å². The summed E-state index contributed by atoms with van der Waals surface area (Å²) < 4.78 is 25.7. The molecule has 0 bridgehead atoms. The van der Waals surface area contributed by atoms with E-state index in [0.29, 0.717) is 30.0 Å². The molecule has 1 aromatic carbocycles. The molecule has 0 spiro atoms. The molecule has 8 nitrogen and oxygen atoms in total. The number of carbonyl (C=O) groups excluding carboxylic acids is 2. The number of hydrogen-bond acceptors (Lipinski definition) is 6. The Balaban J connectivity index is 1.37. The van der Waals surface area contributed by atoms with Gasteiger partial charge in [0.15, 0.2) is 0 Å². The molecule has 33 heavy (non-hydrogen) atoms. The van der Waals surface area contributed by atoms with Gasteiger partial charge in [-0.15, -0.1) is 0 Å². The second-order valence-corrected chi connectivity index (χ2v) is 7.57. The highest BCUT2D eigenvalue weighted by Crippen LogP contribution is 2.29. The molecular formula is C24H23FN4O4. The molecule has 3 heterocycles. The van der Waals surface area contributed by atoms with Gasteiger partial charge in [0.05, 0.1) is 43.4 Å². The van der Waals surface area contributed by atoms with Gasteiger partial charge in [-0.1, -0.05) is 12.1 Å². The predicted molar refractivity (Wildman–Crippen MR) is 119 cm³/mol. The predicted octanol–water partition coefficient (Wildman–Crippen LogP) is 3.46. The molecule has 0 radical (unpaired) electrons. The Labute approximate surface area is 190 Å². The molecule has 2 amide bonds. The van der Waals surface area contributed by atoms with Gasteiger partial charge in [0, 0.05) is 30.4 Å². The zero-order valence-electron chi connectivity index (χ0n) is 18.0. The van der Waals surface area contributed by atoms with E-state index < -0.39 is 18.0 Å². The lowest BCUT2D eigenvalue weighted by Gasteiger charge is -2.14. The lowest BCUT2D eigenvalue weighted by molar-refractivity contribution is -0.119. The number of amides is 2. The minimum Gasteiger partial charge on any atom is -0.442 e. The molecule has 1 aliphatic rings. The van der Waals surface area contributed by atoms with E-state index in [1.165, 1.54) is 17.9 Å². The van der Waals surface area contributed by atoms with Gasteiger partial charge >= 0.3 is 6.09 Å². The quantitative estimate of drug-likeness (QED) is 0.565. The first-order valence-corrected chi connectivity index (χ1v) is 10.4. The van der Waals surface area contributed by atoms with Crippen molar-refractivity contribution in [2.24, 2.45) is 0 Å². The third-order valence-corrected chi connectivity index (χ3v) is 5.08. The third kappa shape index (κ3) is 5.69. The van der Waals surface area contributed by atoms with Crippen molar-refractivity contribution in [3.05, 3.63) is 78.1 Å². The van der Waals surface area contributed by atoms with Crippen LogP contribution in [0.4, 0.5) is 14.9 Å². The van der Waals surface area contributed by atoms with Gasteiger partial charge in [-0.25, -0.2) is 9.18 Å². The highest BCUT2D eigenvalue weighted by atomic mass is 19.1. The summed E-state index contributed by atoms with van der Waals surface area (Å²) in [6, 6.07) is 13.7. The standard InChI is InChI=1S/C24H23FN4O4/c1-16(30)27-12-21-13-29(24(31)33-21)20-7-8-22(23(25)10-20)17-5-6-19(28-11-17)15-32-14-18-4-2-3-9-26-18/h2-11,21H,12-15H2,1H3,(H,27,30)/t21-/m0/s1. The van der Waals surface area contributed by atoms with E-state index in [1.807, 2.05) is 18.2 Å². The van der Waals surface area contributed by atoms with Crippen LogP contribution in [-0.4, -0.2) is 41.2 Å². The monoisotopic (exact) mass is 450 g/mol. The number of pyridine rings is 2. The molecule has 2 aromatic heterocycles. The van der Waals surface area contributed by atoms with E-state index in [0.717, 1.165) is 11.4 Å². The lowest BCUT2D eigenvalue weighted by atomic mass is 10.1. The van der Waals surface area contributed by atoms with Gasteiger partial charge in [0.25, 0.3) is 0 Å². The molecule has 1 saturated heterocycles. The number of carbonyl (C=O) groups is 2. The number of benzene rings is 1. The molecule has 9 heteroatoms. The summed E-state index contributed by atoms with van der Waals surface area (Å²) >= 11 is 0. The number of halogens is 1. The lowest BCUT2D eigenvalue weighted by Crippen LogP contribution is -2.33. The van der Waals surface area contributed by atoms with Crippen molar-refractivity contribution in [1.29, 1.82) is 0 Å². The number of nitrogens with zero attached hydrogens (tertiary/aromatic N) is 3. The van der Waals surface area contributed by atoms with Crippen LogP contribution in [0.15, 0.2) is 60.9 Å². The van der Waals surface area contributed by atoms with Gasteiger partial charge in [0.2, 0.25) is 5.91 Å². The fourth-order valence-corrected chi connectivity index (χ4v) is 3.42. The minimum absolute atomic E-state index is 0.209. The second-order valence-electron chi connectivity index (χ2n) is 7.57. The maximum absolute atomic E-state index is 14.9. The zero-order valence-corrected chi connectivity index (χ0v) is 18.0. The summed E-state index contributed by atoms with van der Waals surface area (Å²) in [7, 11) is 0. The van der Waals surface area contributed by atoms with Crippen molar-refractivity contribution in [3.63, 3.8) is 0 Å².